The van der Waals surface area contributed by atoms with Crippen molar-refractivity contribution in [2.24, 2.45) is 5.92 Å². The number of anilines is 1. The molecule has 1 amide bonds. The molecule has 2 rings (SSSR count). The minimum atomic E-state index is -0.326. The van der Waals surface area contributed by atoms with E-state index in [0.717, 1.165) is 19.5 Å². The number of methoxy groups -OCH3 is 1. The maximum absolute atomic E-state index is 11.4. The monoisotopic (exact) mass is 282 g/mol. The highest BCUT2D eigenvalue weighted by Crippen LogP contribution is 2.27. The van der Waals surface area contributed by atoms with Crippen molar-refractivity contribution < 1.29 is 9.53 Å². The van der Waals surface area contributed by atoms with E-state index in [9.17, 15) is 4.79 Å². The molecule has 106 valence electrons. The van der Waals surface area contributed by atoms with Crippen LogP contribution in [0.5, 0.6) is 0 Å². The minimum Gasteiger partial charge on any atom is -0.453 e. The van der Waals surface area contributed by atoms with Gasteiger partial charge in [-0.3, -0.25) is 0 Å². The number of carbonyl (C=O) groups excluding carboxylic acids is 1. The highest BCUT2D eigenvalue weighted by molar-refractivity contribution is 7.08. The van der Waals surface area contributed by atoms with Crippen LogP contribution in [-0.2, 0) is 4.74 Å². The molecule has 1 aromatic rings. The van der Waals surface area contributed by atoms with Crippen LogP contribution in [0.2, 0.25) is 0 Å². The molecule has 0 saturated carbocycles. The first-order chi connectivity index (χ1) is 9.22. The molecule has 2 atom stereocenters. The molecule has 2 heterocycles. The van der Waals surface area contributed by atoms with Gasteiger partial charge in [-0.25, -0.2) is 4.79 Å². The van der Waals surface area contributed by atoms with Gasteiger partial charge in [-0.1, -0.05) is 13.3 Å². The first kappa shape index (κ1) is 14.2. The Morgan fingerprint density at radius 3 is 3.05 bits per heavy atom. The second kappa shape index (κ2) is 6.80. The fraction of sp³-hybridized carbons (Fsp3) is 0.643. The average molecular weight is 282 g/mol. The number of piperidine rings is 1. The smallest absolute Gasteiger partial charge is 0.407 e. The number of carbonyl (C=O) groups is 1. The largest absolute Gasteiger partial charge is 0.453 e. The Labute approximate surface area is 118 Å². The van der Waals surface area contributed by atoms with E-state index in [-0.39, 0.29) is 12.1 Å². The number of nitrogens with zero attached hydrogens (tertiary/aromatic N) is 1. The maximum atomic E-state index is 11.4. The van der Waals surface area contributed by atoms with Crippen LogP contribution in [-0.4, -0.2) is 32.3 Å². The van der Waals surface area contributed by atoms with Crippen LogP contribution < -0.4 is 10.2 Å². The van der Waals surface area contributed by atoms with Crippen molar-refractivity contribution in [2.45, 2.75) is 32.2 Å². The second-order valence-electron chi connectivity index (χ2n) is 5.11. The Hall–Kier alpha value is -1.23. The summed E-state index contributed by atoms with van der Waals surface area (Å²) >= 11 is 1.71. The van der Waals surface area contributed by atoms with Crippen molar-refractivity contribution in [3.63, 3.8) is 0 Å². The Balaban J connectivity index is 2.02. The van der Waals surface area contributed by atoms with Crippen molar-refractivity contribution in [3.8, 4) is 0 Å². The van der Waals surface area contributed by atoms with Crippen LogP contribution in [0.15, 0.2) is 16.8 Å². The molecule has 0 bridgehead atoms. The van der Waals surface area contributed by atoms with Gasteiger partial charge in [0.2, 0.25) is 0 Å². The minimum absolute atomic E-state index is 0.178. The van der Waals surface area contributed by atoms with E-state index < -0.39 is 0 Å². The number of alkyl carbamates (subject to hydrolysis) is 1. The fourth-order valence-electron chi connectivity index (χ4n) is 2.80. The highest BCUT2D eigenvalue weighted by Gasteiger charge is 2.28. The third-order valence-corrected chi connectivity index (χ3v) is 4.28. The molecule has 1 N–H and O–H groups in total. The lowest BCUT2D eigenvalue weighted by Gasteiger charge is -2.38. The van der Waals surface area contributed by atoms with Crippen molar-refractivity contribution in [3.05, 3.63) is 16.8 Å². The van der Waals surface area contributed by atoms with Gasteiger partial charge in [0.05, 0.1) is 13.2 Å². The summed E-state index contributed by atoms with van der Waals surface area (Å²) < 4.78 is 4.71. The topological polar surface area (TPSA) is 41.6 Å². The predicted molar refractivity (Wildman–Crippen MR) is 78.9 cm³/mol. The molecule has 2 unspecified atom stereocenters. The number of ether oxygens (including phenoxy) is 1. The molecular weight excluding hydrogens is 260 g/mol. The van der Waals surface area contributed by atoms with Gasteiger partial charge in [-0.15, -0.1) is 0 Å². The fourth-order valence-corrected chi connectivity index (χ4v) is 3.46. The van der Waals surface area contributed by atoms with E-state index >= 15 is 0 Å². The number of amides is 1. The van der Waals surface area contributed by atoms with E-state index in [2.05, 4.69) is 34.0 Å². The molecule has 1 aliphatic heterocycles. The third kappa shape index (κ3) is 3.86. The van der Waals surface area contributed by atoms with Crippen molar-refractivity contribution >= 4 is 23.1 Å². The third-order valence-electron chi connectivity index (χ3n) is 3.61. The summed E-state index contributed by atoms with van der Waals surface area (Å²) in [6, 6.07) is 2.33. The molecule has 19 heavy (non-hydrogen) atoms. The van der Waals surface area contributed by atoms with Gasteiger partial charge >= 0.3 is 6.09 Å². The molecule has 1 saturated heterocycles. The van der Waals surface area contributed by atoms with Crippen LogP contribution in [0.4, 0.5) is 10.5 Å². The highest BCUT2D eigenvalue weighted by atomic mass is 32.1. The quantitative estimate of drug-likeness (QED) is 0.922. The molecule has 0 aromatic carbocycles. The van der Waals surface area contributed by atoms with Crippen molar-refractivity contribution in [1.29, 1.82) is 0 Å². The summed E-state index contributed by atoms with van der Waals surface area (Å²) in [5.41, 5.74) is 1.27. The summed E-state index contributed by atoms with van der Waals surface area (Å²) in [5.74, 6) is 0.640. The summed E-state index contributed by atoms with van der Waals surface area (Å²) in [4.78, 5) is 13.8. The van der Waals surface area contributed by atoms with E-state index in [1.54, 1.807) is 11.3 Å². The van der Waals surface area contributed by atoms with Crippen LogP contribution in [0, 0.1) is 5.92 Å². The molecule has 0 radical (unpaired) electrons. The van der Waals surface area contributed by atoms with Gasteiger partial charge in [0.1, 0.15) is 0 Å². The Morgan fingerprint density at radius 1 is 1.58 bits per heavy atom. The molecule has 1 aliphatic rings. The van der Waals surface area contributed by atoms with Gasteiger partial charge < -0.3 is 15.0 Å². The lowest BCUT2D eigenvalue weighted by atomic mass is 9.90. The summed E-state index contributed by atoms with van der Waals surface area (Å²) in [7, 11) is 1.42. The molecule has 5 heteroatoms. The van der Waals surface area contributed by atoms with Crippen LogP contribution >= 0.6 is 11.3 Å². The van der Waals surface area contributed by atoms with E-state index in [4.69, 9.17) is 4.74 Å². The number of rotatable bonds is 4. The first-order valence-electron chi connectivity index (χ1n) is 6.84. The molecule has 0 aliphatic carbocycles. The Morgan fingerprint density at radius 2 is 2.42 bits per heavy atom. The van der Waals surface area contributed by atoms with E-state index in [1.807, 2.05) is 0 Å². The molecule has 1 fully saturated rings. The lowest BCUT2D eigenvalue weighted by molar-refractivity contribution is 0.162. The van der Waals surface area contributed by atoms with Crippen LogP contribution in [0.25, 0.3) is 0 Å². The molecular formula is C14H22N2O2S. The number of nitrogens with one attached hydrogen (secondary N) is 1. The number of thiophene rings is 1. The molecule has 1 aromatic heterocycles. The maximum Gasteiger partial charge on any atom is 0.407 e. The van der Waals surface area contributed by atoms with Gasteiger partial charge in [0.25, 0.3) is 0 Å². The zero-order chi connectivity index (χ0) is 13.7. The zero-order valence-corrected chi connectivity index (χ0v) is 12.4. The molecule has 4 nitrogen and oxygen atoms in total. The standard InChI is InChI=1S/C14H22N2O2S/c1-3-4-11-7-12(15-14(17)18-2)9-16(8-11)13-5-6-19-10-13/h5-6,10-12H,3-4,7-9H2,1-2H3,(H,15,17). The van der Waals surface area contributed by atoms with Crippen LogP contribution in [0.1, 0.15) is 26.2 Å². The molecule has 0 spiro atoms. The predicted octanol–water partition coefficient (Wildman–Crippen LogP) is 3.10. The van der Waals surface area contributed by atoms with Crippen molar-refractivity contribution in [1.82, 2.24) is 5.32 Å². The number of hydrogen-bond acceptors (Lipinski definition) is 4. The lowest BCUT2D eigenvalue weighted by Crippen LogP contribution is -2.50. The summed E-state index contributed by atoms with van der Waals surface area (Å²) in [6.07, 6.45) is 3.11. The van der Waals surface area contributed by atoms with E-state index in [1.165, 1.54) is 25.6 Å². The van der Waals surface area contributed by atoms with Crippen LogP contribution in [0.3, 0.4) is 0 Å². The van der Waals surface area contributed by atoms with Gasteiger partial charge in [-0.2, -0.15) is 11.3 Å². The summed E-state index contributed by atoms with van der Waals surface area (Å²) in [5, 5.41) is 7.22. The Kier molecular flexibility index (Phi) is 5.07. The van der Waals surface area contributed by atoms with Crippen molar-refractivity contribution in [2.75, 3.05) is 25.1 Å². The van der Waals surface area contributed by atoms with E-state index in [0.29, 0.717) is 5.92 Å². The second-order valence-corrected chi connectivity index (χ2v) is 5.89. The number of hydrogen-bond donors (Lipinski definition) is 1. The van der Waals surface area contributed by atoms with Gasteiger partial charge in [0, 0.05) is 24.2 Å². The normalized spacial score (nSPS) is 23.2. The Bertz CT molecular complexity index is 394. The van der Waals surface area contributed by atoms with Gasteiger partial charge in [0.15, 0.2) is 0 Å². The first-order valence-corrected chi connectivity index (χ1v) is 7.78. The average Bonchev–Trinajstić information content (AvgIpc) is 2.92. The van der Waals surface area contributed by atoms with Gasteiger partial charge in [-0.05, 0) is 30.2 Å². The SMILES string of the molecule is CCCC1CC(NC(=O)OC)CN(c2ccsc2)C1. The zero-order valence-electron chi connectivity index (χ0n) is 11.6. The summed E-state index contributed by atoms with van der Waals surface area (Å²) in [6.45, 7) is 4.17.